The predicted molar refractivity (Wildman–Crippen MR) is 71.6 cm³/mol. The highest BCUT2D eigenvalue weighted by molar-refractivity contribution is 5.19. The first-order chi connectivity index (χ1) is 8.55. The fourth-order valence-electron chi connectivity index (χ4n) is 2.19. The summed E-state index contributed by atoms with van der Waals surface area (Å²) < 4.78 is 26.3. The van der Waals surface area contributed by atoms with Crippen LogP contribution in [-0.2, 0) is 6.42 Å². The monoisotopic (exact) mass is 255 g/mol. The quantitative estimate of drug-likeness (QED) is 0.778. The van der Waals surface area contributed by atoms with Gasteiger partial charge < -0.3 is 5.32 Å². The van der Waals surface area contributed by atoms with Crippen LogP contribution in [0.5, 0.6) is 0 Å². The van der Waals surface area contributed by atoms with Crippen molar-refractivity contribution in [1.82, 2.24) is 5.32 Å². The van der Waals surface area contributed by atoms with E-state index in [-0.39, 0.29) is 6.04 Å². The number of benzene rings is 1. The fourth-order valence-corrected chi connectivity index (χ4v) is 2.19. The normalized spacial score (nSPS) is 14.5. The molecule has 1 rings (SSSR count). The molecule has 1 N–H and O–H groups in total. The van der Waals surface area contributed by atoms with Crippen LogP contribution in [0, 0.1) is 17.6 Å². The fraction of sp³-hybridized carbons (Fsp3) is 0.600. The molecule has 0 aromatic heterocycles. The Kier molecular flexibility index (Phi) is 6.27. The minimum Gasteiger partial charge on any atom is -0.314 e. The van der Waals surface area contributed by atoms with Gasteiger partial charge in [-0.15, -0.1) is 0 Å². The van der Waals surface area contributed by atoms with E-state index in [1.165, 1.54) is 12.1 Å². The zero-order valence-corrected chi connectivity index (χ0v) is 11.5. The molecule has 0 saturated carbocycles. The van der Waals surface area contributed by atoms with Crippen molar-refractivity contribution in [3.8, 4) is 0 Å². The molecule has 0 spiro atoms. The Bertz CT molecular complexity index is 345. The van der Waals surface area contributed by atoms with Crippen LogP contribution in [-0.4, -0.2) is 12.6 Å². The van der Waals surface area contributed by atoms with E-state index in [1.807, 2.05) is 0 Å². The number of rotatable bonds is 7. The molecule has 1 nitrogen and oxygen atoms in total. The Morgan fingerprint density at radius 3 is 2.22 bits per heavy atom. The average molecular weight is 255 g/mol. The van der Waals surface area contributed by atoms with Gasteiger partial charge in [0, 0.05) is 12.1 Å². The second-order valence-corrected chi connectivity index (χ2v) is 4.99. The predicted octanol–water partition coefficient (Wildman–Crippen LogP) is 3.92. The van der Waals surface area contributed by atoms with Gasteiger partial charge in [0.1, 0.15) is 11.6 Å². The molecule has 2 atom stereocenters. The zero-order chi connectivity index (χ0) is 13.5. The lowest BCUT2D eigenvalue weighted by Gasteiger charge is -2.21. The van der Waals surface area contributed by atoms with Crippen molar-refractivity contribution in [3.05, 3.63) is 35.4 Å². The molecule has 102 valence electrons. The van der Waals surface area contributed by atoms with E-state index in [4.69, 9.17) is 0 Å². The van der Waals surface area contributed by atoms with Crippen LogP contribution in [0.15, 0.2) is 18.2 Å². The van der Waals surface area contributed by atoms with Gasteiger partial charge in [-0.05, 0) is 43.0 Å². The molecule has 2 unspecified atom stereocenters. The Morgan fingerprint density at radius 2 is 1.72 bits per heavy atom. The number of nitrogens with one attached hydrogen (secondary N) is 1. The summed E-state index contributed by atoms with van der Waals surface area (Å²) in [6, 6.07) is 4.04. The third-order valence-corrected chi connectivity index (χ3v) is 3.28. The van der Waals surface area contributed by atoms with Crippen molar-refractivity contribution in [2.75, 3.05) is 6.54 Å². The van der Waals surface area contributed by atoms with Gasteiger partial charge in [-0.2, -0.15) is 0 Å². The Balaban J connectivity index is 2.69. The molecule has 1 aromatic rings. The summed E-state index contributed by atoms with van der Waals surface area (Å²) in [4.78, 5) is 0. The molecule has 0 fully saturated rings. The number of hydrogen-bond donors (Lipinski definition) is 1. The van der Waals surface area contributed by atoms with E-state index in [1.54, 1.807) is 0 Å². The van der Waals surface area contributed by atoms with E-state index < -0.39 is 11.6 Å². The van der Waals surface area contributed by atoms with Gasteiger partial charge in [-0.25, -0.2) is 8.78 Å². The van der Waals surface area contributed by atoms with Crippen LogP contribution < -0.4 is 5.32 Å². The summed E-state index contributed by atoms with van der Waals surface area (Å²) in [5.74, 6) is -0.375. The van der Waals surface area contributed by atoms with E-state index in [2.05, 4.69) is 26.1 Å². The van der Waals surface area contributed by atoms with E-state index >= 15 is 0 Å². The van der Waals surface area contributed by atoms with E-state index in [0.29, 0.717) is 12.3 Å². The van der Waals surface area contributed by atoms with Crippen molar-refractivity contribution in [2.45, 2.75) is 46.1 Å². The maximum absolute atomic E-state index is 13.1. The first-order valence-corrected chi connectivity index (χ1v) is 6.73. The van der Waals surface area contributed by atoms with Crippen LogP contribution in [0.2, 0.25) is 0 Å². The molecular weight excluding hydrogens is 232 g/mol. The standard InChI is InChI=1S/C15H23F2N/c1-4-11(3)6-15(18-5-2)9-12-7-13(16)10-14(17)8-12/h7-8,10-11,15,18H,4-6,9H2,1-3H3. The second kappa shape index (κ2) is 7.47. The third-order valence-electron chi connectivity index (χ3n) is 3.28. The van der Waals surface area contributed by atoms with E-state index in [0.717, 1.165) is 31.0 Å². The molecule has 0 aliphatic heterocycles. The van der Waals surface area contributed by atoms with Gasteiger partial charge in [0.15, 0.2) is 0 Å². The minimum atomic E-state index is -0.496. The highest BCUT2D eigenvalue weighted by Gasteiger charge is 2.13. The van der Waals surface area contributed by atoms with Crippen molar-refractivity contribution in [3.63, 3.8) is 0 Å². The van der Waals surface area contributed by atoms with Crippen LogP contribution in [0.1, 0.15) is 39.2 Å². The molecule has 0 radical (unpaired) electrons. The molecule has 0 aliphatic carbocycles. The lowest BCUT2D eigenvalue weighted by Crippen LogP contribution is -2.32. The molecule has 0 saturated heterocycles. The Labute approximate surface area is 109 Å². The summed E-state index contributed by atoms with van der Waals surface area (Å²) in [7, 11) is 0. The van der Waals surface area contributed by atoms with Crippen molar-refractivity contribution < 1.29 is 8.78 Å². The lowest BCUT2D eigenvalue weighted by molar-refractivity contribution is 0.396. The topological polar surface area (TPSA) is 12.0 Å². The molecule has 0 amide bonds. The maximum atomic E-state index is 13.1. The zero-order valence-electron chi connectivity index (χ0n) is 11.5. The van der Waals surface area contributed by atoms with Gasteiger partial charge in [0.25, 0.3) is 0 Å². The van der Waals surface area contributed by atoms with Crippen molar-refractivity contribution in [2.24, 2.45) is 5.92 Å². The van der Waals surface area contributed by atoms with Crippen molar-refractivity contribution in [1.29, 1.82) is 0 Å². The Morgan fingerprint density at radius 1 is 1.11 bits per heavy atom. The van der Waals surface area contributed by atoms with Gasteiger partial charge in [-0.3, -0.25) is 0 Å². The molecule has 18 heavy (non-hydrogen) atoms. The van der Waals surface area contributed by atoms with Gasteiger partial charge in [0.05, 0.1) is 0 Å². The summed E-state index contributed by atoms with van der Waals surface area (Å²) in [5, 5.41) is 3.39. The molecular formula is C15H23F2N. The maximum Gasteiger partial charge on any atom is 0.126 e. The first-order valence-electron chi connectivity index (χ1n) is 6.73. The van der Waals surface area contributed by atoms with Gasteiger partial charge in [0.2, 0.25) is 0 Å². The first kappa shape index (κ1) is 15.1. The van der Waals surface area contributed by atoms with E-state index in [9.17, 15) is 8.78 Å². The molecule has 0 heterocycles. The highest BCUT2D eigenvalue weighted by Crippen LogP contribution is 2.16. The molecule has 3 heteroatoms. The van der Waals surface area contributed by atoms with Crippen LogP contribution in [0.4, 0.5) is 8.78 Å². The third kappa shape index (κ3) is 5.13. The number of halogens is 2. The molecule has 0 bridgehead atoms. The van der Waals surface area contributed by atoms with Gasteiger partial charge >= 0.3 is 0 Å². The number of likely N-dealkylation sites (N-methyl/N-ethyl adjacent to an activating group) is 1. The van der Waals surface area contributed by atoms with Crippen LogP contribution in [0.25, 0.3) is 0 Å². The summed E-state index contributed by atoms with van der Waals surface area (Å²) in [5.41, 5.74) is 0.724. The van der Waals surface area contributed by atoms with Gasteiger partial charge in [-0.1, -0.05) is 27.2 Å². The summed E-state index contributed by atoms with van der Waals surface area (Å²) in [6.45, 7) is 7.29. The highest BCUT2D eigenvalue weighted by atomic mass is 19.1. The molecule has 1 aromatic carbocycles. The number of hydrogen-bond acceptors (Lipinski definition) is 1. The SMILES string of the molecule is CCNC(Cc1cc(F)cc(F)c1)CC(C)CC. The second-order valence-electron chi connectivity index (χ2n) is 4.99. The Hall–Kier alpha value is -0.960. The minimum absolute atomic E-state index is 0.283. The van der Waals surface area contributed by atoms with Crippen LogP contribution >= 0.6 is 0 Å². The smallest absolute Gasteiger partial charge is 0.126 e. The summed E-state index contributed by atoms with van der Waals surface area (Å²) in [6.07, 6.45) is 2.83. The van der Waals surface area contributed by atoms with Crippen molar-refractivity contribution >= 4 is 0 Å². The molecule has 0 aliphatic rings. The average Bonchev–Trinajstić information content (AvgIpc) is 2.27. The summed E-state index contributed by atoms with van der Waals surface area (Å²) >= 11 is 0. The largest absolute Gasteiger partial charge is 0.314 e. The van der Waals surface area contributed by atoms with Crippen LogP contribution in [0.3, 0.4) is 0 Å². The lowest BCUT2D eigenvalue weighted by atomic mass is 9.94.